The second kappa shape index (κ2) is 13.9. The van der Waals surface area contributed by atoms with E-state index in [4.69, 9.17) is 10.2 Å². The van der Waals surface area contributed by atoms with Gasteiger partial charge in [0.1, 0.15) is 22.5 Å². The molecule has 0 radical (unpaired) electrons. The zero-order valence-corrected chi connectivity index (χ0v) is 25.9. The van der Waals surface area contributed by atoms with Gasteiger partial charge in [-0.25, -0.2) is 0 Å². The summed E-state index contributed by atoms with van der Waals surface area (Å²) in [6.45, 7) is 15.3. The molecule has 3 rings (SSSR count). The summed E-state index contributed by atoms with van der Waals surface area (Å²) in [5, 5.41) is 20.7. The Morgan fingerprint density at radius 1 is 0.711 bits per heavy atom. The molecule has 0 saturated heterocycles. The molecule has 4 nitrogen and oxygen atoms in total. The maximum Gasteiger partial charge on any atom is 0.146 e. The molecule has 1 N–H and O–H groups in total. The van der Waals surface area contributed by atoms with Crippen molar-refractivity contribution < 1.29 is 5.11 Å². The molecule has 3 aromatic rings. The van der Waals surface area contributed by atoms with Gasteiger partial charge in [0.25, 0.3) is 0 Å². The number of benzene rings is 2. The third kappa shape index (κ3) is 8.76. The summed E-state index contributed by atoms with van der Waals surface area (Å²) in [7, 11) is 0. The second-order valence-electron chi connectivity index (χ2n) is 12.9. The number of nitrogens with zero attached hydrogens (tertiary/aromatic N) is 3. The molecule has 0 unspecified atom stereocenters. The van der Waals surface area contributed by atoms with Gasteiger partial charge >= 0.3 is 0 Å². The van der Waals surface area contributed by atoms with Crippen LogP contribution in [0.25, 0.3) is 16.7 Å². The molecule has 0 bridgehead atoms. The highest BCUT2D eigenvalue weighted by Crippen LogP contribution is 2.39. The lowest BCUT2D eigenvalue weighted by Gasteiger charge is -2.27. The lowest BCUT2D eigenvalue weighted by Crippen LogP contribution is -2.18. The van der Waals surface area contributed by atoms with Crippen LogP contribution in [0.2, 0.25) is 0 Å². The fourth-order valence-corrected chi connectivity index (χ4v) is 5.77. The van der Waals surface area contributed by atoms with E-state index in [9.17, 15) is 5.11 Å². The molecule has 0 aliphatic rings. The van der Waals surface area contributed by atoms with Gasteiger partial charge in [-0.1, -0.05) is 119 Å². The molecule has 0 fully saturated rings. The SMILES string of the molecule is CCCCCCCCCCCCCSc1ccc2nn(-c3cc(C(C)(C)C)cc(C(C)(C)C)c3O)nc2c1. The second-order valence-corrected chi connectivity index (χ2v) is 14.1. The van der Waals surface area contributed by atoms with Crippen molar-refractivity contribution in [1.82, 2.24) is 15.0 Å². The standard InChI is InChI=1S/C33H51N3OS/c1-8-9-10-11-12-13-14-15-16-17-18-21-38-26-19-20-28-29(24-26)35-36(34-28)30-23-25(32(2,3)4)22-27(31(30)37)33(5,6)7/h19-20,22-24,37H,8-18,21H2,1-7H3. The van der Waals surface area contributed by atoms with Gasteiger partial charge in [-0.15, -0.1) is 26.8 Å². The number of rotatable bonds is 14. The van der Waals surface area contributed by atoms with Gasteiger partial charge in [0.15, 0.2) is 0 Å². The van der Waals surface area contributed by atoms with E-state index < -0.39 is 0 Å². The zero-order chi connectivity index (χ0) is 27.8. The molecule has 38 heavy (non-hydrogen) atoms. The van der Waals surface area contributed by atoms with Gasteiger partial charge < -0.3 is 5.11 Å². The first-order chi connectivity index (χ1) is 18.0. The molecule has 0 saturated carbocycles. The summed E-state index contributed by atoms with van der Waals surface area (Å²) in [5.74, 6) is 1.40. The number of unbranched alkanes of at least 4 members (excludes halogenated alkanes) is 10. The van der Waals surface area contributed by atoms with Gasteiger partial charge in [-0.2, -0.15) is 0 Å². The molecule has 210 valence electrons. The van der Waals surface area contributed by atoms with Crippen LogP contribution in [0.15, 0.2) is 35.2 Å². The van der Waals surface area contributed by atoms with E-state index in [-0.39, 0.29) is 16.6 Å². The van der Waals surface area contributed by atoms with Crippen molar-refractivity contribution >= 4 is 22.8 Å². The van der Waals surface area contributed by atoms with Crippen LogP contribution in [0.1, 0.15) is 130 Å². The van der Waals surface area contributed by atoms with Crippen molar-refractivity contribution in [3.05, 3.63) is 41.5 Å². The van der Waals surface area contributed by atoms with Crippen molar-refractivity contribution in [2.24, 2.45) is 0 Å². The maximum absolute atomic E-state index is 11.2. The van der Waals surface area contributed by atoms with Gasteiger partial charge in [0, 0.05) is 10.5 Å². The number of hydrogen-bond acceptors (Lipinski definition) is 4. The Labute approximate surface area is 236 Å². The number of phenolic OH excluding ortho intramolecular Hbond substituents is 1. The Morgan fingerprint density at radius 2 is 1.29 bits per heavy atom. The molecule has 2 aromatic carbocycles. The number of aromatic hydroxyl groups is 1. The van der Waals surface area contributed by atoms with Gasteiger partial charge in [0.05, 0.1) is 0 Å². The molecule has 1 aromatic heterocycles. The highest BCUT2D eigenvalue weighted by molar-refractivity contribution is 7.99. The van der Waals surface area contributed by atoms with Crippen molar-refractivity contribution in [1.29, 1.82) is 0 Å². The predicted octanol–water partition coefficient (Wildman–Crippen LogP) is 10.1. The van der Waals surface area contributed by atoms with Crippen LogP contribution >= 0.6 is 11.8 Å². The van der Waals surface area contributed by atoms with Crippen LogP contribution in [-0.4, -0.2) is 25.9 Å². The third-order valence-corrected chi connectivity index (χ3v) is 8.43. The van der Waals surface area contributed by atoms with Crippen LogP contribution in [0.3, 0.4) is 0 Å². The summed E-state index contributed by atoms with van der Waals surface area (Å²) in [6.07, 6.45) is 15.1. The van der Waals surface area contributed by atoms with Crippen LogP contribution in [-0.2, 0) is 10.8 Å². The minimum absolute atomic E-state index is 0.0485. The van der Waals surface area contributed by atoms with Crippen molar-refractivity contribution in [3.8, 4) is 11.4 Å². The van der Waals surface area contributed by atoms with E-state index in [1.807, 2.05) is 17.8 Å². The van der Waals surface area contributed by atoms with Crippen LogP contribution in [0.4, 0.5) is 0 Å². The quantitative estimate of drug-likeness (QED) is 0.164. The highest BCUT2D eigenvalue weighted by atomic mass is 32.2. The lowest BCUT2D eigenvalue weighted by molar-refractivity contribution is 0.438. The molecule has 5 heteroatoms. The largest absolute Gasteiger partial charge is 0.505 e. The number of phenols is 1. The molecule has 0 aliphatic carbocycles. The van der Waals surface area contributed by atoms with E-state index >= 15 is 0 Å². The van der Waals surface area contributed by atoms with Crippen LogP contribution in [0, 0.1) is 0 Å². The average Bonchev–Trinajstić information content (AvgIpc) is 3.26. The smallest absolute Gasteiger partial charge is 0.146 e. The minimum Gasteiger partial charge on any atom is -0.505 e. The Balaban J connectivity index is 1.58. The molecular formula is C33H51N3OS. The summed E-state index contributed by atoms with van der Waals surface area (Å²) in [5.41, 5.74) is 4.21. The Hall–Kier alpha value is -2.01. The zero-order valence-electron chi connectivity index (χ0n) is 25.1. The molecule has 0 spiro atoms. The highest BCUT2D eigenvalue weighted by Gasteiger charge is 2.26. The maximum atomic E-state index is 11.2. The van der Waals surface area contributed by atoms with Gasteiger partial charge in [-0.3, -0.25) is 0 Å². The number of hydrogen-bond donors (Lipinski definition) is 1. The van der Waals surface area contributed by atoms with Crippen molar-refractivity contribution in [3.63, 3.8) is 0 Å². The molecule has 0 amide bonds. The summed E-state index contributed by atoms with van der Waals surface area (Å²) >= 11 is 1.91. The molecule has 1 heterocycles. The topological polar surface area (TPSA) is 50.9 Å². The Bertz CT molecular complexity index is 1150. The average molecular weight is 538 g/mol. The first-order valence-corrected chi connectivity index (χ1v) is 15.9. The number of fused-ring (bicyclic) bond motifs is 1. The number of thioether (sulfide) groups is 1. The van der Waals surface area contributed by atoms with E-state index in [1.54, 1.807) is 4.80 Å². The first-order valence-electron chi connectivity index (χ1n) is 14.9. The summed E-state index contributed by atoms with van der Waals surface area (Å²) < 4.78 is 0. The van der Waals surface area contributed by atoms with Crippen LogP contribution < -0.4 is 0 Å². The van der Waals surface area contributed by atoms with Crippen molar-refractivity contribution in [2.75, 3.05) is 5.75 Å². The fourth-order valence-electron chi connectivity index (χ4n) is 4.82. The molecular weight excluding hydrogens is 486 g/mol. The fraction of sp³-hybridized carbons (Fsp3) is 0.636. The summed E-state index contributed by atoms with van der Waals surface area (Å²) in [6, 6.07) is 10.5. The normalized spacial score (nSPS) is 12.5. The first kappa shape index (κ1) is 30.5. The van der Waals surface area contributed by atoms with Crippen LogP contribution in [0.5, 0.6) is 5.75 Å². The van der Waals surface area contributed by atoms with E-state index in [2.05, 4.69) is 72.7 Å². The molecule has 0 aliphatic heterocycles. The predicted molar refractivity (Wildman–Crippen MR) is 165 cm³/mol. The van der Waals surface area contributed by atoms with E-state index in [0.29, 0.717) is 5.69 Å². The Kier molecular flexibility index (Phi) is 11.1. The minimum atomic E-state index is -0.190. The Morgan fingerprint density at radius 3 is 1.87 bits per heavy atom. The van der Waals surface area contributed by atoms with E-state index in [0.717, 1.165) is 22.3 Å². The van der Waals surface area contributed by atoms with Crippen molar-refractivity contribution in [2.45, 2.75) is 135 Å². The molecule has 0 atom stereocenters. The number of aromatic nitrogens is 3. The lowest BCUT2D eigenvalue weighted by atomic mass is 9.80. The van der Waals surface area contributed by atoms with Gasteiger partial charge in [0.2, 0.25) is 0 Å². The van der Waals surface area contributed by atoms with Gasteiger partial charge in [-0.05, 0) is 52.8 Å². The van der Waals surface area contributed by atoms with E-state index in [1.165, 1.54) is 81.1 Å². The third-order valence-electron chi connectivity index (χ3n) is 7.35. The summed E-state index contributed by atoms with van der Waals surface area (Å²) in [4.78, 5) is 2.85. The monoisotopic (exact) mass is 537 g/mol.